The summed E-state index contributed by atoms with van der Waals surface area (Å²) in [7, 11) is 0. The highest BCUT2D eigenvalue weighted by Gasteiger charge is 2.44. The monoisotopic (exact) mass is 412 g/mol. The molecule has 1 aliphatic rings. The van der Waals surface area contributed by atoms with Crippen molar-refractivity contribution in [1.82, 2.24) is 0 Å². The molecule has 0 amide bonds. The van der Waals surface area contributed by atoms with Crippen LogP contribution in [0.2, 0.25) is 5.02 Å². The third-order valence-corrected chi connectivity index (χ3v) is 5.37. The molecule has 1 unspecified atom stereocenters. The molecule has 0 aliphatic carbocycles. The molecule has 0 saturated carbocycles. The lowest BCUT2D eigenvalue weighted by molar-refractivity contribution is 0.159. The fourth-order valence-electron chi connectivity index (χ4n) is 3.24. The zero-order valence-electron chi connectivity index (χ0n) is 13.1. The number of aliphatic hydroxyl groups is 1. The van der Waals surface area contributed by atoms with E-state index in [-0.39, 0.29) is 5.84 Å². The van der Waals surface area contributed by atoms with Crippen molar-refractivity contribution in [2.24, 2.45) is 10.7 Å². The van der Waals surface area contributed by atoms with Gasteiger partial charge in [-0.25, -0.2) is 4.99 Å². The van der Waals surface area contributed by atoms with Crippen LogP contribution in [0.3, 0.4) is 0 Å². The Hall–Kier alpha value is -2.14. The van der Waals surface area contributed by atoms with Gasteiger partial charge in [-0.3, -0.25) is 0 Å². The molecule has 4 rings (SSSR count). The van der Waals surface area contributed by atoms with Crippen molar-refractivity contribution < 1.29 is 5.11 Å². The van der Waals surface area contributed by atoms with Crippen LogP contribution in [-0.2, 0) is 5.60 Å². The fraction of sp³-hybridized carbons (Fsp3) is 0.0500. The number of hydrogen-bond donors (Lipinski definition) is 2. The van der Waals surface area contributed by atoms with Gasteiger partial charge in [0.25, 0.3) is 0 Å². The van der Waals surface area contributed by atoms with Gasteiger partial charge < -0.3 is 10.8 Å². The lowest BCUT2D eigenvalue weighted by atomic mass is 9.82. The van der Waals surface area contributed by atoms with Crippen LogP contribution in [-0.4, -0.2) is 10.9 Å². The molecule has 25 heavy (non-hydrogen) atoms. The summed E-state index contributed by atoms with van der Waals surface area (Å²) in [4.78, 5) is 4.35. The Bertz CT molecular complexity index is 1020. The number of nitrogens with zero attached hydrogens (tertiary/aromatic N) is 1. The van der Waals surface area contributed by atoms with Gasteiger partial charge in [0.05, 0.1) is 5.69 Å². The summed E-state index contributed by atoms with van der Waals surface area (Å²) < 4.78 is 0.936. The van der Waals surface area contributed by atoms with Crippen molar-refractivity contribution >= 4 is 39.1 Å². The Labute approximate surface area is 158 Å². The van der Waals surface area contributed by atoms with Crippen LogP contribution in [0, 0.1) is 0 Å². The minimum absolute atomic E-state index is 0.143. The number of hydrogen-bond acceptors (Lipinski definition) is 3. The molecule has 0 radical (unpaired) electrons. The standard InChI is InChI=1S/C20H14BrClN2O/c21-17-8-4-2-6-14(17)13-5-1-3-7-15(13)20(25)16-11-12(22)9-10-18(16)24-19(20)23/h1-11,25H,(H2,23,24). The highest BCUT2D eigenvalue weighted by Crippen LogP contribution is 2.46. The fourth-order valence-corrected chi connectivity index (χ4v) is 3.91. The maximum Gasteiger partial charge on any atom is 0.175 e. The number of rotatable bonds is 2. The summed E-state index contributed by atoms with van der Waals surface area (Å²) in [5, 5.41) is 12.1. The molecule has 1 heterocycles. The van der Waals surface area contributed by atoms with Crippen molar-refractivity contribution in [3.05, 3.63) is 87.4 Å². The second-order valence-electron chi connectivity index (χ2n) is 5.89. The van der Waals surface area contributed by atoms with Crippen LogP contribution < -0.4 is 5.73 Å². The summed E-state index contributed by atoms with van der Waals surface area (Å²) >= 11 is 9.75. The Morgan fingerprint density at radius 3 is 2.36 bits per heavy atom. The van der Waals surface area contributed by atoms with E-state index in [0.717, 1.165) is 15.6 Å². The Morgan fingerprint density at radius 1 is 0.920 bits per heavy atom. The predicted octanol–water partition coefficient (Wildman–Crippen LogP) is 5.01. The molecule has 3 nitrogen and oxygen atoms in total. The molecule has 0 saturated heterocycles. The van der Waals surface area contributed by atoms with Gasteiger partial charge in [-0.15, -0.1) is 0 Å². The first-order valence-corrected chi connectivity index (χ1v) is 8.90. The van der Waals surface area contributed by atoms with Crippen molar-refractivity contribution in [3.8, 4) is 11.1 Å². The molecule has 0 aromatic heterocycles. The number of amidine groups is 1. The van der Waals surface area contributed by atoms with E-state index in [2.05, 4.69) is 20.9 Å². The van der Waals surface area contributed by atoms with Gasteiger partial charge in [0.2, 0.25) is 0 Å². The van der Waals surface area contributed by atoms with Crippen molar-refractivity contribution in [2.45, 2.75) is 5.60 Å². The smallest absolute Gasteiger partial charge is 0.175 e. The summed E-state index contributed by atoms with van der Waals surface area (Å²) in [6.45, 7) is 0. The van der Waals surface area contributed by atoms with E-state index in [1.807, 2.05) is 48.5 Å². The Morgan fingerprint density at radius 2 is 1.60 bits per heavy atom. The molecule has 3 N–H and O–H groups in total. The normalized spacial score (nSPS) is 18.8. The molecule has 3 aromatic carbocycles. The SMILES string of the molecule is NC1=Nc2ccc(Cl)cc2C1(O)c1ccccc1-c1ccccc1Br. The van der Waals surface area contributed by atoms with Gasteiger partial charge in [0, 0.05) is 20.6 Å². The number of fused-ring (bicyclic) bond motifs is 1. The van der Waals surface area contributed by atoms with Gasteiger partial charge in [-0.1, -0.05) is 70.0 Å². The first-order chi connectivity index (χ1) is 12.0. The maximum atomic E-state index is 11.6. The Balaban J connectivity index is 2.00. The zero-order chi connectivity index (χ0) is 17.6. The first-order valence-electron chi connectivity index (χ1n) is 7.73. The van der Waals surface area contributed by atoms with E-state index in [1.165, 1.54) is 0 Å². The van der Waals surface area contributed by atoms with Gasteiger partial charge in [0.1, 0.15) is 5.84 Å². The van der Waals surface area contributed by atoms with Gasteiger partial charge in [0.15, 0.2) is 5.60 Å². The van der Waals surface area contributed by atoms with Gasteiger partial charge in [-0.2, -0.15) is 0 Å². The number of nitrogens with two attached hydrogens (primary N) is 1. The number of benzene rings is 3. The third kappa shape index (κ3) is 2.49. The van der Waals surface area contributed by atoms with Gasteiger partial charge >= 0.3 is 0 Å². The second kappa shape index (κ2) is 5.99. The largest absolute Gasteiger partial charge is 0.384 e. The second-order valence-corrected chi connectivity index (χ2v) is 7.19. The van der Waals surface area contributed by atoms with Crippen molar-refractivity contribution in [1.29, 1.82) is 0 Å². The van der Waals surface area contributed by atoms with E-state index in [1.54, 1.807) is 18.2 Å². The van der Waals surface area contributed by atoms with Crippen molar-refractivity contribution in [3.63, 3.8) is 0 Å². The Kier molecular flexibility index (Phi) is 3.91. The maximum absolute atomic E-state index is 11.6. The molecular formula is C20H14BrClN2O. The highest BCUT2D eigenvalue weighted by atomic mass is 79.9. The average Bonchev–Trinajstić information content (AvgIpc) is 2.87. The van der Waals surface area contributed by atoms with Crippen LogP contribution in [0.1, 0.15) is 11.1 Å². The number of halogens is 2. The van der Waals surface area contributed by atoms with Crippen LogP contribution in [0.4, 0.5) is 5.69 Å². The number of aliphatic imine (C=N–C) groups is 1. The minimum Gasteiger partial charge on any atom is -0.384 e. The van der Waals surface area contributed by atoms with E-state index < -0.39 is 5.60 Å². The van der Waals surface area contributed by atoms with Crippen molar-refractivity contribution in [2.75, 3.05) is 0 Å². The summed E-state index contributed by atoms with van der Waals surface area (Å²) in [6.07, 6.45) is 0. The minimum atomic E-state index is -1.52. The zero-order valence-corrected chi connectivity index (χ0v) is 15.4. The van der Waals surface area contributed by atoms with E-state index in [0.29, 0.717) is 21.8 Å². The molecule has 5 heteroatoms. The lowest BCUT2D eigenvalue weighted by Gasteiger charge is -2.27. The average molecular weight is 414 g/mol. The van der Waals surface area contributed by atoms with Crippen LogP contribution in [0.15, 0.2) is 76.2 Å². The molecule has 1 atom stereocenters. The summed E-state index contributed by atoms with van der Waals surface area (Å²) in [6, 6.07) is 20.7. The molecule has 1 aliphatic heterocycles. The van der Waals surface area contributed by atoms with Crippen LogP contribution in [0.25, 0.3) is 11.1 Å². The third-order valence-electron chi connectivity index (χ3n) is 4.44. The predicted molar refractivity (Wildman–Crippen MR) is 105 cm³/mol. The van der Waals surface area contributed by atoms with Gasteiger partial charge in [-0.05, 0) is 35.4 Å². The van der Waals surface area contributed by atoms with E-state index in [4.69, 9.17) is 17.3 Å². The van der Waals surface area contributed by atoms with Crippen LogP contribution in [0.5, 0.6) is 0 Å². The lowest BCUT2D eigenvalue weighted by Crippen LogP contribution is -2.40. The molecule has 3 aromatic rings. The molecule has 0 fully saturated rings. The highest BCUT2D eigenvalue weighted by molar-refractivity contribution is 9.10. The summed E-state index contributed by atoms with van der Waals surface area (Å²) in [5.74, 6) is 0.143. The quantitative estimate of drug-likeness (QED) is 0.620. The molecular weight excluding hydrogens is 400 g/mol. The topological polar surface area (TPSA) is 58.6 Å². The molecule has 0 spiro atoms. The molecule has 0 bridgehead atoms. The first kappa shape index (κ1) is 16.3. The van der Waals surface area contributed by atoms with E-state index >= 15 is 0 Å². The van der Waals surface area contributed by atoms with Crippen LogP contribution >= 0.6 is 27.5 Å². The summed E-state index contributed by atoms with van der Waals surface area (Å²) in [5.41, 5.74) is 8.40. The van der Waals surface area contributed by atoms with E-state index in [9.17, 15) is 5.11 Å². The molecule has 124 valence electrons.